The molecule has 1 fully saturated rings. The van der Waals surface area contributed by atoms with Gasteiger partial charge in [0.1, 0.15) is 5.75 Å². The van der Waals surface area contributed by atoms with Gasteiger partial charge in [-0.25, -0.2) is 0 Å². The molecule has 1 N–H and O–H groups in total. The molecule has 1 aliphatic heterocycles. The molecule has 2 amide bonds. The average molecular weight is 435 g/mol. The number of ether oxygens (including phenoxy) is 1. The van der Waals surface area contributed by atoms with E-state index in [0.29, 0.717) is 26.1 Å². The molecule has 0 aliphatic carbocycles. The Morgan fingerprint density at radius 3 is 2.35 bits per heavy atom. The summed E-state index contributed by atoms with van der Waals surface area (Å²) in [6, 6.07) is 20.0. The Bertz CT molecular complexity index is 1060. The molecule has 2 heterocycles. The molecule has 5 nitrogen and oxygen atoms in total. The van der Waals surface area contributed by atoms with E-state index in [2.05, 4.69) is 29.6 Å². The quantitative estimate of drug-likeness (QED) is 0.656. The van der Waals surface area contributed by atoms with Crippen molar-refractivity contribution in [3.8, 4) is 16.9 Å². The van der Waals surface area contributed by atoms with Crippen LogP contribution in [0.4, 0.5) is 0 Å². The second kappa shape index (κ2) is 9.35. The highest BCUT2D eigenvalue weighted by molar-refractivity contribution is 7.13. The number of hydrogen-bond donors (Lipinski definition) is 1. The van der Waals surface area contributed by atoms with Crippen LogP contribution in [-0.4, -0.2) is 43.5 Å². The molecule has 0 saturated carbocycles. The van der Waals surface area contributed by atoms with Gasteiger partial charge in [0.15, 0.2) is 0 Å². The van der Waals surface area contributed by atoms with Gasteiger partial charge in [0.2, 0.25) is 5.91 Å². The Morgan fingerprint density at radius 2 is 1.74 bits per heavy atom. The number of hydrogen-bond acceptors (Lipinski definition) is 4. The maximum atomic E-state index is 12.9. The van der Waals surface area contributed by atoms with Crippen molar-refractivity contribution in [2.45, 2.75) is 13.3 Å². The van der Waals surface area contributed by atoms with E-state index in [0.717, 1.165) is 32.2 Å². The molecule has 160 valence electrons. The lowest BCUT2D eigenvalue weighted by molar-refractivity contribution is -0.124. The highest BCUT2D eigenvalue weighted by Gasteiger charge is 2.28. The van der Waals surface area contributed by atoms with Crippen LogP contribution >= 0.6 is 11.3 Å². The summed E-state index contributed by atoms with van der Waals surface area (Å²) < 4.78 is 5.22. The minimum atomic E-state index is -0.264. The van der Waals surface area contributed by atoms with Crippen LogP contribution < -0.4 is 10.1 Å². The highest BCUT2D eigenvalue weighted by atomic mass is 32.1. The SMILES string of the molecule is COc1ccc(-c2ccc(C[C@H]3CN(C(=O)c4ccc(C)s4)CCNC3=O)cc2)cc1. The third-order valence-electron chi connectivity index (χ3n) is 5.59. The number of thiophene rings is 1. The third-order valence-corrected chi connectivity index (χ3v) is 6.58. The van der Waals surface area contributed by atoms with Crippen molar-refractivity contribution in [3.63, 3.8) is 0 Å². The largest absolute Gasteiger partial charge is 0.497 e. The second-order valence-electron chi connectivity index (χ2n) is 7.78. The van der Waals surface area contributed by atoms with Crippen molar-refractivity contribution >= 4 is 23.2 Å². The molecule has 3 aromatic rings. The molecule has 0 unspecified atom stereocenters. The number of methoxy groups -OCH3 is 1. The van der Waals surface area contributed by atoms with Crippen molar-refractivity contribution < 1.29 is 14.3 Å². The number of carbonyl (C=O) groups is 2. The fourth-order valence-electron chi connectivity index (χ4n) is 3.85. The lowest BCUT2D eigenvalue weighted by atomic mass is 9.96. The zero-order valence-corrected chi connectivity index (χ0v) is 18.6. The maximum Gasteiger partial charge on any atom is 0.264 e. The number of nitrogens with zero attached hydrogens (tertiary/aromatic N) is 1. The predicted octanol–water partition coefficient (Wildman–Crippen LogP) is 4.16. The third kappa shape index (κ3) is 4.97. The molecule has 1 atom stereocenters. The van der Waals surface area contributed by atoms with Gasteiger partial charge in [-0.2, -0.15) is 0 Å². The highest BCUT2D eigenvalue weighted by Crippen LogP contribution is 2.24. The summed E-state index contributed by atoms with van der Waals surface area (Å²) >= 11 is 1.50. The first-order valence-corrected chi connectivity index (χ1v) is 11.2. The molecule has 0 radical (unpaired) electrons. The minimum Gasteiger partial charge on any atom is -0.497 e. The number of amides is 2. The number of nitrogens with one attached hydrogen (secondary N) is 1. The Kier molecular flexibility index (Phi) is 6.37. The van der Waals surface area contributed by atoms with Gasteiger partial charge < -0.3 is 15.0 Å². The van der Waals surface area contributed by atoms with Crippen LogP contribution in [0.1, 0.15) is 20.1 Å². The molecule has 1 aliphatic rings. The van der Waals surface area contributed by atoms with Crippen LogP contribution in [-0.2, 0) is 11.2 Å². The van der Waals surface area contributed by atoms with Gasteiger partial charge in [0.25, 0.3) is 5.91 Å². The fraction of sp³-hybridized carbons (Fsp3) is 0.280. The summed E-state index contributed by atoms with van der Waals surface area (Å²) in [5.41, 5.74) is 3.31. The maximum absolute atomic E-state index is 12.9. The van der Waals surface area contributed by atoms with Crippen LogP contribution in [0.3, 0.4) is 0 Å². The van der Waals surface area contributed by atoms with E-state index < -0.39 is 0 Å². The van der Waals surface area contributed by atoms with Crippen molar-refractivity contribution in [1.29, 1.82) is 0 Å². The molecular formula is C25H26N2O3S. The lowest BCUT2D eigenvalue weighted by Crippen LogP contribution is -2.37. The Hall–Kier alpha value is -3.12. The van der Waals surface area contributed by atoms with Gasteiger partial charge in [0, 0.05) is 24.5 Å². The molecule has 4 rings (SSSR count). The topological polar surface area (TPSA) is 58.6 Å². The summed E-state index contributed by atoms with van der Waals surface area (Å²) in [5, 5.41) is 2.96. The summed E-state index contributed by atoms with van der Waals surface area (Å²) in [5.74, 6) is 0.585. The Morgan fingerprint density at radius 1 is 1.06 bits per heavy atom. The molecule has 1 aromatic heterocycles. The van der Waals surface area contributed by atoms with Crippen LogP contribution in [0.25, 0.3) is 11.1 Å². The van der Waals surface area contributed by atoms with E-state index in [1.54, 1.807) is 12.0 Å². The van der Waals surface area contributed by atoms with E-state index in [-0.39, 0.29) is 17.7 Å². The van der Waals surface area contributed by atoms with Gasteiger partial charge >= 0.3 is 0 Å². The molecule has 2 aromatic carbocycles. The van der Waals surface area contributed by atoms with Gasteiger partial charge in [-0.3, -0.25) is 9.59 Å². The van der Waals surface area contributed by atoms with E-state index in [4.69, 9.17) is 4.74 Å². The van der Waals surface area contributed by atoms with Crippen molar-refractivity contribution in [1.82, 2.24) is 10.2 Å². The Balaban J connectivity index is 1.46. The molecule has 0 bridgehead atoms. The summed E-state index contributed by atoms with van der Waals surface area (Å²) in [6.07, 6.45) is 0.599. The number of rotatable bonds is 5. The van der Waals surface area contributed by atoms with E-state index >= 15 is 0 Å². The van der Waals surface area contributed by atoms with Crippen LogP contribution in [0.5, 0.6) is 5.75 Å². The van der Waals surface area contributed by atoms with Gasteiger partial charge in [-0.1, -0.05) is 36.4 Å². The Labute approximate surface area is 186 Å². The molecule has 6 heteroatoms. The lowest BCUT2D eigenvalue weighted by Gasteiger charge is -2.22. The molecule has 0 spiro atoms. The van der Waals surface area contributed by atoms with Gasteiger partial charge in [-0.15, -0.1) is 11.3 Å². The normalized spacial score (nSPS) is 16.5. The number of aryl methyl sites for hydroxylation is 1. The zero-order valence-electron chi connectivity index (χ0n) is 17.8. The first-order chi connectivity index (χ1) is 15.0. The summed E-state index contributed by atoms with van der Waals surface area (Å²) in [6.45, 7) is 3.45. The van der Waals surface area contributed by atoms with E-state index in [1.807, 2.05) is 43.3 Å². The van der Waals surface area contributed by atoms with Crippen LogP contribution in [0.15, 0.2) is 60.7 Å². The standard InChI is InChI=1S/C25H26N2O3S/c1-17-3-12-23(31-17)25(29)27-14-13-26-24(28)21(16-27)15-18-4-6-19(7-5-18)20-8-10-22(30-2)11-9-20/h3-12,21H,13-16H2,1-2H3,(H,26,28)/t21-/m0/s1. The monoisotopic (exact) mass is 434 g/mol. The van der Waals surface area contributed by atoms with Crippen molar-refractivity contribution in [2.24, 2.45) is 5.92 Å². The summed E-state index contributed by atoms with van der Waals surface area (Å²) in [7, 11) is 1.66. The summed E-state index contributed by atoms with van der Waals surface area (Å²) in [4.78, 5) is 29.2. The van der Waals surface area contributed by atoms with Crippen molar-refractivity contribution in [2.75, 3.05) is 26.7 Å². The average Bonchev–Trinajstić information content (AvgIpc) is 3.15. The number of carbonyl (C=O) groups excluding carboxylic acids is 2. The second-order valence-corrected chi connectivity index (χ2v) is 9.07. The van der Waals surface area contributed by atoms with E-state index in [9.17, 15) is 9.59 Å². The fourth-order valence-corrected chi connectivity index (χ4v) is 4.68. The molecule has 31 heavy (non-hydrogen) atoms. The van der Waals surface area contributed by atoms with Crippen LogP contribution in [0, 0.1) is 12.8 Å². The van der Waals surface area contributed by atoms with Crippen molar-refractivity contribution in [3.05, 3.63) is 76.0 Å². The van der Waals surface area contributed by atoms with Gasteiger partial charge in [0.05, 0.1) is 17.9 Å². The molecule has 1 saturated heterocycles. The molecular weight excluding hydrogens is 408 g/mol. The first-order valence-electron chi connectivity index (χ1n) is 10.4. The smallest absolute Gasteiger partial charge is 0.264 e. The number of benzene rings is 2. The van der Waals surface area contributed by atoms with Gasteiger partial charge in [-0.05, 0) is 54.3 Å². The zero-order chi connectivity index (χ0) is 21.8. The minimum absolute atomic E-state index is 0.00875. The van der Waals surface area contributed by atoms with E-state index in [1.165, 1.54) is 11.3 Å². The van der Waals surface area contributed by atoms with Crippen LogP contribution in [0.2, 0.25) is 0 Å². The first kappa shape index (κ1) is 21.1. The predicted molar refractivity (Wildman–Crippen MR) is 124 cm³/mol.